The number of guanidine groups is 2. The van der Waals surface area contributed by atoms with Crippen LogP contribution >= 0.6 is 0 Å². The van der Waals surface area contributed by atoms with Crippen molar-refractivity contribution in [1.29, 1.82) is 0 Å². The van der Waals surface area contributed by atoms with E-state index in [-0.39, 0.29) is 56.6 Å². The number of carbonyl (C=O) groups excluding carboxylic acids is 3. The zero-order valence-corrected chi connectivity index (χ0v) is 23.8. The highest BCUT2D eigenvalue weighted by Gasteiger charge is 2.26. The van der Waals surface area contributed by atoms with Crippen LogP contribution in [-0.4, -0.2) is 82.8 Å². The van der Waals surface area contributed by atoms with E-state index in [0.29, 0.717) is 24.3 Å². The van der Waals surface area contributed by atoms with Gasteiger partial charge in [-0.05, 0) is 43.5 Å². The summed E-state index contributed by atoms with van der Waals surface area (Å²) in [6.07, 6.45) is 0.768. The summed E-state index contributed by atoms with van der Waals surface area (Å²) in [4.78, 5) is 58.7. The number of hydrogen-bond acceptors (Lipinski definition) is 9. The molecule has 0 aliphatic carbocycles. The molecule has 1 aromatic heterocycles. The van der Waals surface area contributed by atoms with Gasteiger partial charge in [0.05, 0.1) is 12.6 Å². The number of benzene rings is 1. The Morgan fingerprint density at radius 2 is 1.77 bits per heavy atom. The second-order valence-corrected chi connectivity index (χ2v) is 9.39. The maximum absolute atomic E-state index is 13.2. The fourth-order valence-electron chi connectivity index (χ4n) is 3.97. The van der Waals surface area contributed by atoms with Gasteiger partial charge in [0.1, 0.15) is 28.5 Å². The van der Waals surface area contributed by atoms with E-state index in [2.05, 4.69) is 20.6 Å². The Kier molecular flexibility index (Phi) is 13.2. The Hall–Kier alpha value is -5.35. The molecule has 17 heteroatoms. The summed E-state index contributed by atoms with van der Waals surface area (Å²) in [6.45, 7) is 2.09. The third kappa shape index (κ3) is 12.0. The molecule has 11 N–H and O–H groups in total. The van der Waals surface area contributed by atoms with Crippen LogP contribution in [-0.2, 0) is 27.2 Å². The molecule has 234 valence electrons. The van der Waals surface area contributed by atoms with E-state index in [1.807, 2.05) is 0 Å². The lowest BCUT2D eigenvalue weighted by molar-refractivity contribution is -0.402. The fraction of sp³-hybridized carbons (Fsp3) is 0.423. The van der Waals surface area contributed by atoms with E-state index in [1.54, 1.807) is 19.1 Å². The highest BCUT2D eigenvalue weighted by Crippen LogP contribution is 2.16. The average molecular weight is 603 g/mol. The zero-order valence-electron chi connectivity index (χ0n) is 23.8. The van der Waals surface area contributed by atoms with Gasteiger partial charge >= 0.3 is 5.88 Å². The molecule has 0 bridgehead atoms. The molecule has 2 rings (SSSR count). The van der Waals surface area contributed by atoms with Crippen LogP contribution in [0.15, 0.2) is 50.8 Å². The number of amides is 3. The van der Waals surface area contributed by atoms with Gasteiger partial charge in [0.25, 0.3) is 0 Å². The van der Waals surface area contributed by atoms with E-state index in [1.165, 1.54) is 29.2 Å². The first-order chi connectivity index (χ1) is 20.4. The van der Waals surface area contributed by atoms with Gasteiger partial charge in [0.2, 0.25) is 17.7 Å². The van der Waals surface area contributed by atoms with Crippen LogP contribution in [0.25, 0.3) is 0 Å². The number of phenolic OH excluding ortho intramolecular Hbond substituents is 1. The molecule has 0 saturated carbocycles. The Morgan fingerprint density at radius 1 is 1.07 bits per heavy atom. The highest BCUT2D eigenvalue weighted by atomic mass is 16.6. The van der Waals surface area contributed by atoms with Crippen molar-refractivity contribution in [2.45, 2.75) is 44.7 Å². The maximum atomic E-state index is 13.2. The first-order valence-corrected chi connectivity index (χ1v) is 13.4. The molecule has 2 atom stereocenters. The summed E-state index contributed by atoms with van der Waals surface area (Å²) in [5.41, 5.74) is 22.5. The lowest BCUT2D eigenvalue weighted by Crippen LogP contribution is -2.52. The van der Waals surface area contributed by atoms with E-state index in [0.717, 1.165) is 0 Å². The third-order valence-electron chi connectivity index (χ3n) is 6.16. The zero-order chi connectivity index (χ0) is 31.9. The summed E-state index contributed by atoms with van der Waals surface area (Å²) in [6, 6.07) is 6.65. The second kappa shape index (κ2) is 16.8. The normalized spacial score (nSPS) is 11.9. The van der Waals surface area contributed by atoms with Gasteiger partial charge < -0.3 is 48.0 Å². The topological polar surface area (TPSA) is 284 Å². The average Bonchev–Trinajstić information content (AvgIpc) is 3.43. The van der Waals surface area contributed by atoms with Gasteiger partial charge in [-0.2, -0.15) is 0 Å². The molecule has 3 amide bonds. The number of likely N-dealkylation sites (N-methyl/N-ethyl adjacent to an activating group) is 1. The van der Waals surface area contributed by atoms with Crippen molar-refractivity contribution in [2.75, 3.05) is 26.2 Å². The predicted octanol–water partition coefficient (Wildman–Crippen LogP) is -1.18. The van der Waals surface area contributed by atoms with E-state index in [4.69, 9.17) is 27.4 Å². The maximum Gasteiger partial charge on any atom is 0.433 e. The van der Waals surface area contributed by atoms with Crippen LogP contribution in [0.5, 0.6) is 5.75 Å². The number of carbonyl (C=O) groups is 3. The van der Waals surface area contributed by atoms with E-state index >= 15 is 0 Å². The minimum absolute atomic E-state index is 0.0465. The molecule has 0 spiro atoms. The van der Waals surface area contributed by atoms with E-state index in [9.17, 15) is 29.6 Å². The van der Waals surface area contributed by atoms with Crippen molar-refractivity contribution < 1.29 is 28.8 Å². The summed E-state index contributed by atoms with van der Waals surface area (Å²) in [7, 11) is 0. The van der Waals surface area contributed by atoms with E-state index < -0.39 is 40.6 Å². The Morgan fingerprint density at radius 3 is 2.35 bits per heavy atom. The molecular weight excluding hydrogens is 564 g/mol. The Labute approximate surface area is 247 Å². The quantitative estimate of drug-likeness (QED) is 0.0372. The molecule has 0 saturated heterocycles. The largest absolute Gasteiger partial charge is 0.508 e. The summed E-state index contributed by atoms with van der Waals surface area (Å²) >= 11 is 0. The highest BCUT2D eigenvalue weighted by molar-refractivity contribution is 5.93. The number of nitro groups is 1. The summed E-state index contributed by atoms with van der Waals surface area (Å²) < 4.78 is 5.13. The number of aliphatic imine (C=N–C) groups is 2. The second-order valence-electron chi connectivity index (χ2n) is 9.39. The Balaban J connectivity index is 2.07. The summed E-state index contributed by atoms with van der Waals surface area (Å²) in [5.74, 6) is -2.14. The van der Waals surface area contributed by atoms with Crippen LogP contribution in [0.2, 0.25) is 0 Å². The van der Waals surface area contributed by atoms with Crippen LogP contribution in [0.4, 0.5) is 5.88 Å². The van der Waals surface area contributed by atoms with Gasteiger partial charge in [-0.1, -0.05) is 12.1 Å². The van der Waals surface area contributed by atoms with Gasteiger partial charge in [0, 0.05) is 32.5 Å². The molecule has 0 fully saturated rings. The molecule has 0 aliphatic rings. The number of nitrogens with one attached hydrogen (secondary N) is 2. The van der Waals surface area contributed by atoms with Crippen LogP contribution < -0.4 is 33.6 Å². The van der Waals surface area contributed by atoms with Gasteiger partial charge in [-0.15, -0.1) is 0 Å². The van der Waals surface area contributed by atoms with Crippen LogP contribution in [0.3, 0.4) is 0 Å². The smallest absolute Gasteiger partial charge is 0.433 e. The van der Waals surface area contributed by atoms with Crippen molar-refractivity contribution in [2.24, 2.45) is 32.9 Å². The number of aromatic hydroxyl groups is 1. The first-order valence-electron chi connectivity index (χ1n) is 13.4. The third-order valence-corrected chi connectivity index (χ3v) is 6.16. The number of furan rings is 1. The van der Waals surface area contributed by atoms with Crippen molar-refractivity contribution in [3.8, 4) is 5.75 Å². The number of nitrogens with zero attached hydrogens (tertiary/aromatic N) is 4. The molecule has 0 radical (unpaired) electrons. The number of nitrogens with two attached hydrogens (primary N) is 4. The van der Waals surface area contributed by atoms with Gasteiger partial charge in [0.15, 0.2) is 11.9 Å². The van der Waals surface area contributed by atoms with Crippen LogP contribution in [0.1, 0.15) is 31.1 Å². The van der Waals surface area contributed by atoms with Gasteiger partial charge in [-0.3, -0.25) is 29.5 Å². The minimum atomic E-state index is -1.09. The Bertz CT molecular complexity index is 1300. The standard InChI is InChI=1S/C26H38N10O7/c1-2-35(13-11-18-9-10-22(43-18)36(41)42)21(38)15-32-23(39)19(4-3-12-31-25(27)28)33-24(40)20(34-26(29)30)14-16-5-7-17(37)8-6-16/h5-10,19-20,37H,2-4,11-15H2,1H3,(H,32,39)(H,33,40)(H4,27,28,31)(H4,29,30,34)/t19-,20+/m1/s1. The SMILES string of the molecule is CCN(CCc1ccc([N+](=O)[O-])o1)C(=O)CNC(=O)[C@@H](CCCN=C(N)N)NC(=O)[C@H](Cc1ccc(O)cc1)N=C(N)N. The predicted molar refractivity (Wildman–Crippen MR) is 158 cm³/mol. The lowest BCUT2D eigenvalue weighted by atomic mass is 10.0. The summed E-state index contributed by atoms with van der Waals surface area (Å²) in [5, 5.41) is 25.5. The molecule has 43 heavy (non-hydrogen) atoms. The first kappa shape index (κ1) is 33.9. The molecule has 2 aromatic rings. The monoisotopic (exact) mass is 602 g/mol. The fourth-order valence-corrected chi connectivity index (χ4v) is 3.97. The molecule has 1 aromatic carbocycles. The van der Waals surface area contributed by atoms with Crippen LogP contribution in [0, 0.1) is 10.1 Å². The molecule has 17 nitrogen and oxygen atoms in total. The number of hydrogen-bond donors (Lipinski definition) is 7. The molecule has 0 aliphatic heterocycles. The van der Waals surface area contributed by atoms with Crippen molar-refractivity contribution in [3.05, 3.63) is 57.8 Å². The minimum Gasteiger partial charge on any atom is -0.508 e. The number of phenols is 1. The molecule has 0 unspecified atom stereocenters. The molecular formula is C26H38N10O7. The van der Waals surface area contributed by atoms with Gasteiger partial charge in [-0.25, -0.2) is 4.99 Å². The van der Waals surface area contributed by atoms with Crippen molar-refractivity contribution in [3.63, 3.8) is 0 Å². The lowest BCUT2D eigenvalue weighted by Gasteiger charge is -2.23. The number of rotatable bonds is 17. The molecule has 1 heterocycles. The van der Waals surface area contributed by atoms with Crippen molar-refractivity contribution in [1.82, 2.24) is 15.5 Å². The van der Waals surface area contributed by atoms with Crippen molar-refractivity contribution >= 4 is 35.5 Å².